The van der Waals surface area contributed by atoms with Crippen molar-refractivity contribution in [3.05, 3.63) is 65.5 Å². The molecule has 3 rings (SSSR count). The fraction of sp³-hybridized carbons (Fsp3) is 0. The van der Waals surface area contributed by atoms with Gasteiger partial charge in [0, 0.05) is 17.3 Å². The predicted octanol–water partition coefficient (Wildman–Crippen LogP) is -1.49. The molecule has 0 bridgehead atoms. The molecule has 0 spiro atoms. The van der Waals surface area contributed by atoms with Crippen molar-refractivity contribution in [3.63, 3.8) is 0 Å². The van der Waals surface area contributed by atoms with Gasteiger partial charge in [0.15, 0.2) is 5.78 Å². The molecule has 1 aliphatic rings. The number of aromatic nitrogens is 1. The molecule has 18 heavy (non-hydrogen) atoms. The van der Waals surface area contributed by atoms with Crippen LogP contribution in [0.1, 0.15) is 21.6 Å². The van der Waals surface area contributed by atoms with Gasteiger partial charge in [-0.2, -0.15) is 0 Å². The molecule has 0 fully saturated rings. The summed E-state index contributed by atoms with van der Waals surface area (Å²) >= 11 is 0. The van der Waals surface area contributed by atoms with E-state index in [-0.39, 0.29) is 46.7 Å². The number of hydrogen-bond acceptors (Lipinski definition) is 3. The number of fused-ring (bicyclic) bond motifs is 1. The normalized spacial score (nSPS) is 13.2. The zero-order chi connectivity index (χ0) is 11.8. The molecule has 3 nitrogen and oxygen atoms in total. The maximum atomic E-state index is 12.1. The summed E-state index contributed by atoms with van der Waals surface area (Å²) in [5.41, 5.74) is 1.56. The Labute approximate surface area is 126 Å². The SMILES string of the molecule is O=C1C(c2ccccn2)=C([O-])c2ccccc21.[Na+]. The van der Waals surface area contributed by atoms with Gasteiger partial charge in [-0.3, -0.25) is 9.78 Å². The van der Waals surface area contributed by atoms with E-state index >= 15 is 0 Å². The Morgan fingerprint density at radius 3 is 2.22 bits per heavy atom. The zero-order valence-electron chi connectivity index (χ0n) is 9.88. The first-order valence-electron chi connectivity index (χ1n) is 5.26. The largest absolute Gasteiger partial charge is 1.00 e. The maximum absolute atomic E-state index is 12.1. The number of rotatable bonds is 1. The summed E-state index contributed by atoms with van der Waals surface area (Å²) in [6, 6.07) is 12.0. The molecule has 0 radical (unpaired) electrons. The molecule has 0 unspecified atom stereocenters. The Kier molecular flexibility index (Phi) is 3.66. The standard InChI is InChI=1S/C14H9NO2.Na/c16-13-9-5-1-2-6-10(9)14(17)12(13)11-7-3-4-8-15-11;/h1-8,16H;/q;+1/p-1. The Bertz CT molecular complexity index is 635. The van der Waals surface area contributed by atoms with E-state index < -0.39 is 0 Å². The van der Waals surface area contributed by atoms with Crippen LogP contribution in [0.25, 0.3) is 11.3 Å². The second-order valence-electron chi connectivity index (χ2n) is 3.79. The van der Waals surface area contributed by atoms with Crippen LogP contribution >= 0.6 is 0 Å². The predicted molar refractivity (Wildman–Crippen MR) is 61.8 cm³/mol. The van der Waals surface area contributed by atoms with Gasteiger partial charge in [0.05, 0.1) is 5.69 Å². The summed E-state index contributed by atoms with van der Waals surface area (Å²) in [7, 11) is 0. The van der Waals surface area contributed by atoms with Crippen LogP contribution in [-0.2, 0) is 0 Å². The van der Waals surface area contributed by atoms with Gasteiger partial charge in [0.25, 0.3) is 0 Å². The Balaban J connectivity index is 0.00000120. The molecule has 1 aromatic heterocycles. The van der Waals surface area contributed by atoms with Gasteiger partial charge in [-0.15, -0.1) is 0 Å². The van der Waals surface area contributed by atoms with Crippen molar-refractivity contribution >= 4 is 17.1 Å². The smallest absolute Gasteiger partial charge is 0.871 e. The van der Waals surface area contributed by atoms with Gasteiger partial charge in [-0.1, -0.05) is 36.1 Å². The van der Waals surface area contributed by atoms with Crippen LogP contribution in [0.5, 0.6) is 0 Å². The van der Waals surface area contributed by atoms with E-state index in [1.165, 1.54) is 0 Å². The summed E-state index contributed by atoms with van der Waals surface area (Å²) < 4.78 is 0. The topological polar surface area (TPSA) is 53.0 Å². The number of carbonyl (C=O) groups excluding carboxylic acids is 1. The third-order valence-corrected chi connectivity index (χ3v) is 2.79. The Hall–Kier alpha value is -1.42. The molecular formula is C14H8NNaO2. The molecular weight excluding hydrogens is 237 g/mol. The molecule has 82 valence electrons. The first-order chi connectivity index (χ1) is 8.29. The van der Waals surface area contributed by atoms with Gasteiger partial charge in [-0.25, -0.2) is 0 Å². The van der Waals surface area contributed by atoms with Crippen molar-refractivity contribution < 1.29 is 39.5 Å². The van der Waals surface area contributed by atoms with E-state index in [2.05, 4.69) is 4.98 Å². The van der Waals surface area contributed by atoms with Crippen molar-refractivity contribution in [1.29, 1.82) is 0 Å². The average Bonchev–Trinajstić information content (AvgIpc) is 2.64. The summed E-state index contributed by atoms with van der Waals surface area (Å²) in [5, 5.41) is 12.1. The molecule has 4 heteroatoms. The number of ketones is 1. The molecule has 1 aromatic carbocycles. The number of hydrogen-bond donors (Lipinski definition) is 0. The molecule has 0 aliphatic heterocycles. The van der Waals surface area contributed by atoms with Crippen molar-refractivity contribution in [2.24, 2.45) is 0 Å². The molecule has 0 amide bonds. The fourth-order valence-electron chi connectivity index (χ4n) is 1.99. The van der Waals surface area contributed by atoms with Crippen LogP contribution in [0.4, 0.5) is 0 Å². The van der Waals surface area contributed by atoms with Gasteiger partial charge in [0.2, 0.25) is 0 Å². The van der Waals surface area contributed by atoms with Crippen LogP contribution in [0.2, 0.25) is 0 Å². The van der Waals surface area contributed by atoms with E-state index in [4.69, 9.17) is 0 Å². The van der Waals surface area contributed by atoms with Crippen molar-refractivity contribution in [2.75, 3.05) is 0 Å². The molecule has 0 N–H and O–H groups in total. The van der Waals surface area contributed by atoms with Crippen LogP contribution in [0, 0.1) is 0 Å². The minimum absolute atomic E-state index is 0. The summed E-state index contributed by atoms with van der Waals surface area (Å²) in [6.07, 6.45) is 1.58. The fourth-order valence-corrected chi connectivity index (χ4v) is 1.99. The van der Waals surface area contributed by atoms with Crippen LogP contribution in [0.15, 0.2) is 48.7 Å². The molecule has 0 atom stereocenters. The first-order valence-corrected chi connectivity index (χ1v) is 5.26. The number of Topliss-reactive ketones (excluding diaryl/α,β-unsaturated/α-hetero) is 1. The summed E-state index contributed by atoms with van der Waals surface area (Å²) in [6.45, 7) is 0. The van der Waals surface area contributed by atoms with E-state index in [0.29, 0.717) is 16.8 Å². The summed E-state index contributed by atoms with van der Waals surface area (Å²) in [5.74, 6) is -0.464. The third kappa shape index (κ3) is 1.90. The van der Waals surface area contributed by atoms with Crippen molar-refractivity contribution in [3.8, 4) is 0 Å². The van der Waals surface area contributed by atoms with Gasteiger partial charge in [-0.05, 0) is 17.7 Å². The Morgan fingerprint density at radius 1 is 0.944 bits per heavy atom. The second-order valence-corrected chi connectivity index (χ2v) is 3.79. The number of allylic oxidation sites excluding steroid dienone is 1. The number of pyridine rings is 1. The molecule has 1 aliphatic carbocycles. The van der Waals surface area contributed by atoms with E-state index in [9.17, 15) is 9.90 Å². The van der Waals surface area contributed by atoms with Crippen molar-refractivity contribution in [1.82, 2.24) is 4.98 Å². The minimum Gasteiger partial charge on any atom is -0.871 e. The van der Waals surface area contributed by atoms with E-state index in [0.717, 1.165) is 0 Å². The molecule has 0 saturated heterocycles. The maximum Gasteiger partial charge on any atom is 1.00 e. The minimum atomic E-state index is -0.232. The van der Waals surface area contributed by atoms with E-state index in [1.807, 2.05) is 0 Å². The monoisotopic (exact) mass is 245 g/mol. The number of benzene rings is 1. The quantitative estimate of drug-likeness (QED) is 0.575. The zero-order valence-corrected chi connectivity index (χ0v) is 11.9. The first kappa shape index (κ1) is 13.0. The van der Waals surface area contributed by atoms with Gasteiger partial charge < -0.3 is 5.11 Å². The van der Waals surface area contributed by atoms with Crippen LogP contribution in [-0.4, -0.2) is 10.8 Å². The number of carbonyl (C=O) groups is 1. The molecule has 1 heterocycles. The number of nitrogens with zero attached hydrogens (tertiary/aromatic N) is 1. The molecule has 2 aromatic rings. The summed E-state index contributed by atoms with van der Waals surface area (Å²) in [4.78, 5) is 16.2. The van der Waals surface area contributed by atoms with Crippen LogP contribution in [0.3, 0.4) is 0 Å². The van der Waals surface area contributed by atoms with Gasteiger partial charge in [0.1, 0.15) is 0 Å². The van der Waals surface area contributed by atoms with E-state index in [1.54, 1.807) is 48.7 Å². The second kappa shape index (κ2) is 5.06. The van der Waals surface area contributed by atoms with Crippen molar-refractivity contribution in [2.45, 2.75) is 0 Å². The Morgan fingerprint density at radius 2 is 1.61 bits per heavy atom. The van der Waals surface area contributed by atoms with Gasteiger partial charge >= 0.3 is 29.6 Å². The molecule has 0 saturated carbocycles. The average molecular weight is 245 g/mol. The van der Waals surface area contributed by atoms with Crippen LogP contribution < -0.4 is 34.7 Å². The third-order valence-electron chi connectivity index (χ3n) is 2.79.